The standard InChI is InChI=1S/C14H21F2N/c1-9-6-10(2)12(11(3)7-9)14(15,16)8-13(4,5)17/h6-7H,8,17H2,1-5H3. The third-order valence-corrected chi connectivity index (χ3v) is 2.72. The Balaban J connectivity index is 3.24. The third kappa shape index (κ3) is 3.50. The van der Waals surface area contributed by atoms with E-state index in [0.29, 0.717) is 11.1 Å². The molecule has 3 heteroatoms. The van der Waals surface area contributed by atoms with Gasteiger partial charge in [-0.15, -0.1) is 0 Å². The number of hydrogen-bond acceptors (Lipinski definition) is 1. The molecule has 0 heterocycles. The van der Waals surface area contributed by atoms with Crippen molar-refractivity contribution in [3.05, 3.63) is 34.4 Å². The smallest absolute Gasteiger partial charge is 0.275 e. The molecule has 17 heavy (non-hydrogen) atoms. The minimum Gasteiger partial charge on any atom is -0.325 e. The van der Waals surface area contributed by atoms with E-state index in [1.165, 1.54) is 0 Å². The molecule has 1 rings (SSSR count). The predicted octanol–water partition coefficient (Wildman–Crippen LogP) is 3.83. The molecule has 2 N–H and O–H groups in total. The quantitative estimate of drug-likeness (QED) is 0.855. The Morgan fingerprint density at radius 3 is 1.82 bits per heavy atom. The molecule has 0 bridgehead atoms. The van der Waals surface area contributed by atoms with Crippen molar-refractivity contribution in [1.82, 2.24) is 0 Å². The van der Waals surface area contributed by atoms with Crippen LogP contribution in [0.25, 0.3) is 0 Å². The molecule has 0 fully saturated rings. The second kappa shape index (κ2) is 4.37. The Hall–Kier alpha value is -0.960. The lowest BCUT2D eigenvalue weighted by molar-refractivity contribution is -0.0306. The second-order valence-corrected chi connectivity index (χ2v) is 5.64. The van der Waals surface area contributed by atoms with Gasteiger partial charge >= 0.3 is 0 Å². The Morgan fingerprint density at radius 1 is 1.06 bits per heavy atom. The first kappa shape index (κ1) is 14.1. The van der Waals surface area contributed by atoms with Crippen molar-refractivity contribution in [2.75, 3.05) is 0 Å². The van der Waals surface area contributed by atoms with Crippen LogP contribution in [-0.4, -0.2) is 5.54 Å². The summed E-state index contributed by atoms with van der Waals surface area (Å²) in [6.45, 7) is 8.62. The average molecular weight is 241 g/mol. The third-order valence-electron chi connectivity index (χ3n) is 2.72. The minimum atomic E-state index is -2.87. The Morgan fingerprint density at radius 2 is 1.47 bits per heavy atom. The molecular formula is C14H21F2N. The van der Waals surface area contributed by atoms with Gasteiger partial charge in [0, 0.05) is 17.5 Å². The van der Waals surface area contributed by atoms with Gasteiger partial charge in [0.1, 0.15) is 0 Å². The summed E-state index contributed by atoms with van der Waals surface area (Å²) >= 11 is 0. The Labute approximate surface area is 102 Å². The van der Waals surface area contributed by atoms with Crippen LogP contribution in [-0.2, 0) is 5.92 Å². The summed E-state index contributed by atoms with van der Waals surface area (Å²) < 4.78 is 28.5. The van der Waals surface area contributed by atoms with Gasteiger partial charge in [0.15, 0.2) is 0 Å². The molecule has 0 aliphatic rings. The Bertz CT molecular complexity index is 394. The highest BCUT2D eigenvalue weighted by Gasteiger charge is 2.38. The van der Waals surface area contributed by atoms with E-state index in [-0.39, 0.29) is 12.0 Å². The fraction of sp³-hybridized carbons (Fsp3) is 0.571. The van der Waals surface area contributed by atoms with Crippen molar-refractivity contribution in [2.24, 2.45) is 5.73 Å². The van der Waals surface area contributed by atoms with E-state index in [0.717, 1.165) is 5.56 Å². The van der Waals surface area contributed by atoms with Crippen LogP contribution in [0.5, 0.6) is 0 Å². The first-order valence-electron chi connectivity index (χ1n) is 5.78. The molecule has 1 nitrogen and oxygen atoms in total. The van der Waals surface area contributed by atoms with Crippen molar-refractivity contribution in [2.45, 2.75) is 52.5 Å². The molecule has 1 aromatic rings. The van der Waals surface area contributed by atoms with Crippen LogP contribution in [0.3, 0.4) is 0 Å². The van der Waals surface area contributed by atoms with E-state index in [2.05, 4.69) is 0 Å². The van der Waals surface area contributed by atoms with Crippen molar-refractivity contribution < 1.29 is 8.78 Å². The van der Waals surface area contributed by atoms with E-state index < -0.39 is 11.5 Å². The number of aryl methyl sites for hydroxylation is 3. The van der Waals surface area contributed by atoms with Gasteiger partial charge in [-0.2, -0.15) is 0 Å². The summed E-state index contributed by atoms with van der Waals surface area (Å²) in [4.78, 5) is 0. The van der Waals surface area contributed by atoms with Gasteiger partial charge in [0.25, 0.3) is 5.92 Å². The van der Waals surface area contributed by atoms with Crippen molar-refractivity contribution in [3.8, 4) is 0 Å². The molecule has 0 spiro atoms. The second-order valence-electron chi connectivity index (χ2n) is 5.64. The fourth-order valence-corrected chi connectivity index (χ4v) is 2.42. The molecule has 0 saturated heterocycles. The SMILES string of the molecule is Cc1cc(C)c(C(F)(F)CC(C)(C)N)c(C)c1. The van der Waals surface area contributed by atoms with Crippen LogP contribution in [0.1, 0.15) is 42.5 Å². The van der Waals surface area contributed by atoms with Crippen molar-refractivity contribution in [3.63, 3.8) is 0 Å². The van der Waals surface area contributed by atoms with Crippen LogP contribution in [0, 0.1) is 20.8 Å². The molecule has 0 aromatic heterocycles. The molecule has 0 saturated carbocycles. The summed E-state index contributed by atoms with van der Waals surface area (Å²) in [6, 6.07) is 3.58. The summed E-state index contributed by atoms with van der Waals surface area (Å²) in [5, 5.41) is 0. The van der Waals surface area contributed by atoms with Gasteiger partial charge in [-0.05, 0) is 45.7 Å². The molecule has 0 unspecified atom stereocenters. The van der Waals surface area contributed by atoms with Crippen molar-refractivity contribution >= 4 is 0 Å². The van der Waals surface area contributed by atoms with E-state index >= 15 is 0 Å². The molecular weight excluding hydrogens is 220 g/mol. The van der Waals surface area contributed by atoms with Gasteiger partial charge < -0.3 is 5.73 Å². The van der Waals surface area contributed by atoms with Gasteiger partial charge in [-0.25, -0.2) is 8.78 Å². The van der Waals surface area contributed by atoms with Gasteiger partial charge in [0.2, 0.25) is 0 Å². The van der Waals surface area contributed by atoms with E-state index in [9.17, 15) is 8.78 Å². The van der Waals surface area contributed by atoms with E-state index in [1.807, 2.05) is 6.92 Å². The Kier molecular flexibility index (Phi) is 3.63. The molecule has 0 radical (unpaired) electrons. The van der Waals surface area contributed by atoms with Crippen LogP contribution in [0.2, 0.25) is 0 Å². The summed E-state index contributed by atoms with van der Waals surface area (Å²) in [7, 11) is 0. The first-order valence-corrected chi connectivity index (χ1v) is 5.78. The zero-order valence-corrected chi connectivity index (χ0v) is 11.2. The van der Waals surface area contributed by atoms with E-state index in [1.54, 1.807) is 39.8 Å². The van der Waals surface area contributed by atoms with Gasteiger partial charge in [-0.1, -0.05) is 17.7 Å². The summed E-state index contributed by atoms with van der Waals surface area (Å²) in [6.07, 6.45) is -0.343. The molecule has 0 amide bonds. The van der Waals surface area contributed by atoms with E-state index in [4.69, 9.17) is 5.73 Å². The molecule has 96 valence electrons. The maximum Gasteiger partial charge on any atom is 0.275 e. The number of halogens is 2. The normalized spacial score (nSPS) is 12.9. The lowest BCUT2D eigenvalue weighted by Gasteiger charge is -2.28. The number of rotatable bonds is 3. The highest BCUT2D eigenvalue weighted by molar-refractivity contribution is 5.40. The first-order chi connectivity index (χ1) is 7.53. The summed E-state index contributed by atoms with van der Waals surface area (Å²) in [5.41, 5.74) is 7.23. The lowest BCUT2D eigenvalue weighted by atomic mass is 9.88. The number of alkyl halides is 2. The molecule has 0 aliphatic heterocycles. The predicted molar refractivity (Wildman–Crippen MR) is 67.4 cm³/mol. The molecule has 0 aliphatic carbocycles. The van der Waals surface area contributed by atoms with Crippen LogP contribution in [0.4, 0.5) is 8.78 Å². The maximum absolute atomic E-state index is 14.2. The minimum absolute atomic E-state index is 0.127. The molecule has 1 aromatic carbocycles. The zero-order chi connectivity index (χ0) is 13.4. The maximum atomic E-state index is 14.2. The monoisotopic (exact) mass is 241 g/mol. The average Bonchev–Trinajstić information content (AvgIpc) is 1.93. The highest BCUT2D eigenvalue weighted by atomic mass is 19.3. The number of nitrogens with two attached hydrogens (primary N) is 1. The number of hydrogen-bond donors (Lipinski definition) is 1. The molecule has 0 atom stereocenters. The highest BCUT2D eigenvalue weighted by Crippen LogP contribution is 2.39. The summed E-state index contributed by atoms with van der Waals surface area (Å²) in [5.74, 6) is -2.87. The zero-order valence-electron chi connectivity index (χ0n) is 11.2. The van der Waals surface area contributed by atoms with Gasteiger partial charge in [0.05, 0.1) is 0 Å². The van der Waals surface area contributed by atoms with Crippen LogP contribution in [0.15, 0.2) is 12.1 Å². The largest absolute Gasteiger partial charge is 0.325 e. The van der Waals surface area contributed by atoms with Crippen LogP contribution < -0.4 is 5.73 Å². The number of benzene rings is 1. The van der Waals surface area contributed by atoms with Gasteiger partial charge in [-0.3, -0.25) is 0 Å². The topological polar surface area (TPSA) is 26.0 Å². The van der Waals surface area contributed by atoms with Crippen molar-refractivity contribution in [1.29, 1.82) is 0 Å². The van der Waals surface area contributed by atoms with Crippen LogP contribution >= 0.6 is 0 Å². The lowest BCUT2D eigenvalue weighted by Crippen LogP contribution is -2.38. The fourth-order valence-electron chi connectivity index (χ4n) is 2.42.